The van der Waals surface area contributed by atoms with E-state index in [1.807, 2.05) is 60.7 Å². The summed E-state index contributed by atoms with van der Waals surface area (Å²) in [6, 6.07) is 19.1. The number of esters is 1. The first-order valence-electron chi connectivity index (χ1n) is 11.5. The average molecular weight is 491 g/mol. The number of carbonyl (C=O) groups excluding carboxylic acids is 1. The highest BCUT2D eigenvalue weighted by Gasteiger charge is 2.27. The zero-order valence-corrected chi connectivity index (χ0v) is 20.8. The highest BCUT2D eigenvalue weighted by Crippen LogP contribution is 2.37. The van der Waals surface area contributed by atoms with Gasteiger partial charge in [0, 0.05) is 4.88 Å². The first-order valence-corrected chi connectivity index (χ1v) is 13.2. The van der Waals surface area contributed by atoms with Crippen LogP contribution >= 0.6 is 23.1 Å². The molecule has 0 saturated heterocycles. The molecule has 0 saturated carbocycles. The fraction of sp³-hybridized carbons (Fsp3) is 0.296. The molecule has 1 aliphatic rings. The van der Waals surface area contributed by atoms with Gasteiger partial charge in [-0.05, 0) is 55.4 Å². The fourth-order valence-corrected chi connectivity index (χ4v) is 6.66. The van der Waals surface area contributed by atoms with Gasteiger partial charge in [0.2, 0.25) is 0 Å². The number of nitrogens with zero attached hydrogens (tertiary/aromatic N) is 2. The van der Waals surface area contributed by atoms with Crippen molar-refractivity contribution in [3.8, 4) is 5.69 Å². The summed E-state index contributed by atoms with van der Waals surface area (Å²) >= 11 is 2.89. The lowest BCUT2D eigenvalue weighted by atomic mass is 9.89. The Labute approximate surface area is 206 Å². The maximum atomic E-state index is 13.8. The van der Waals surface area contributed by atoms with Gasteiger partial charge >= 0.3 is 5.97 Å². The molecule has 1 aliphatic carbocycles. The quantitative estimate of drug-likeness (QED) is 0.194. The maximum absolute atomic E-state index is 13.8. The summed E-state index contributed by atoms with van der Waals surface area (Å²) in [6.45, 7) is 4.27. The standard InChI is InChI=1S/C27H26N2O3S2/c1-17-13-14-21-22(15-17)34-24-23(21)25(30)29(20-11-7-4-8-12-20)27(28-24)33-18(2)26(31)32-16-19-9-5-3-6-10-19/h3-12,17-18H,13-16H2,1-2H3. The minimum Gasteiger partial charge on any atom is -0.460 e. The van der Waals surface area contributed by atoms with E-state index in [0.29, 0.717) is 11.1 Å². The summed E-state index contributed by atoms with van der Waals surface area (Å²) in [5.41, 5.74) is 2.79. The van der Waals surface area contributed by atoms with Crippen LogP contribution in [-0.2, 0) is 29.0 Å². The predicted molar refractivity (Wildman–Crippen MR) is 138 cm³/mol. The number of carbonyl (C=O) groups is 1. The SMILES string of the molecule is CC1CCc2c(sc3nc(SC(C)C(=O)OCc4ccccc4)n(-c4ccccc4)c(=O)c23)C1. The largest absolute Gasteiger partial charge is 0.460 e. The predicted octanol–water partition coefficient (Wildman–Crippen LogP) is 5.80. The molecule has 2 atom stereocenters. The molecule has 2 heterocycles. The molecule has 0 amide bonds. The number of thiophene rings is 1. The van der Waals surface area contributed by atoms with E-state index in [1.165, 1.54) is 16.6 Å². The van der Waals surface area contributed by atoms with Gasteiger partial charge in [-0.25, -0.2) is 4.98 Å². The van der Waals surface area contributed by atoms with Crippen LogP contribution in [0.4, 0.5) is 0 Å². The van der Waals surface area contributed by atoms with E-state index in [1.54, 1.807) is 22.8 Å². The molecule has 0 spiro atoms. The molecule has 4 aromatic rings. The Bertz CT molecular complexity index is 1380. The highest BCUT2D eigenvalue weighted by atomic mass is 32.2. The van der Waals surface area contributed by atoms with Crippen LogP contribution in [0.5, 0.6) is 0 Å². The van der Waals surface area contributed by atoms with E-state index in [0.717, 1.165) is 46.3 Å². The zero-order chi connectivity index (χ0) is 23.7. The molecular formula is C27H26N2O3S2. The molecule has 2 aromatic heterocycles. The van der Waals surface area contributed by atoms with Gasteiger partial charge < -0.3 is 4.74 Å². The summed E-state index contributed by atoms with van der Waals surface area (Å²) in [4.78, 5) is 33.5. The van der Waals surface area contributed by atoms with Crippen molar-refractivity contribution < 1.29 is 9.53 Å². The van der Waals surface area contributed by atoms with Gasteiger partial charge in [-0.2, -0.15) is 0 Å². The van der Waals surface area contributed by atoms with Crippen molar-refractivity contribution in [1.29, 1.82) is 0 Å². The van der Waals surface area contributed by atoms with Crippen LogP contribution in [0.2, 0.25) is 0 Å². The molecule has 0 bridgehead atoms. The van der Waals surface area contributed by atoms with Crippen LogP contribution in [-0.4, -0.2) is 20.8 Å². The average Bonchev–Trinajstić information content (AvgIpc) is 3.21. The van der Waals surface area contributed by atoms with Crippen molar-refractivity contribution in [2.45, 2.75) is 50.1 Å². The molecule has 2 unspecified atom stereocenters. The minimum atomic E-state index is -0.516. The smallest absolute Gasteiger partial charge is 0.319 e. The summed E-state index contributed by atoms with van der Waals surface area (Å²) in [5, 5.41) is 0.733. The van der Waals surface area contributed by atoms with Gasteiger partial charge in [-0.1, -0.05) is 67.2 Å². The van der Waals surface area contributed by atoms with Crippen molar-refractivity contribution in [3.05, 3.63) is 87.0 Å². The van der Waals surface area contributed by atoms with Crippen molar-refractivity contribution in [1.82, 2.24) is 9.55 Å². The second-order valence-electron chi connectivity index (χ2n) is 8.76. The van der Waals surface area contributed by atoms with E-state index in [-0.39, 0.29) is 18.1 Å². The maximum Gasteiger partial charge on any atom is 0.319 e. The number of para-hydroxylation sites is 1. The monoisotopic (exact) mass is 490 g/mol. The van der Waals surface area contributed by atoms with Crippen LogP contribution in [0, 0.1) is 5.92 Å². The Kier molecular flexibility index (Phi) is 6.57. The lowest BCUT2D eigenvalue weighted by Crippen LogP contribution is -2.24. The Morgan fingerprint density at radius 3 is 2.62 bits per heavy atom. The molecule has 0 radical (unpaired) electrons. The van der Waals surface area contributed by atoms with Gasteiger partial charge in [-0.15, -0.1) is 11.3 Å². The molecule has 2 aromatic carbocycles. The Morgan fingerprint density at radius 1 is 1.18 bits per heavy atom. The number of hydrogen-bond donors (Lipinski definition) is 0. The number of rotatable bonds is 6. The molecule has 0 aliphatic heterocycles. The first-order chi connectivity index (χ1) is 16.5. The summed E-state index contributed by atoms with van der Waals surface area (Å²) < 4.78 is 7.18. The van der Waals surface area contributed by atoms with E-state index < -0.39 is 5.25 Å². The molecule has 34 heavy (non-hydrogen) atoms. The summed E-state index contributed by atoms with van der Waals surface area (Å²) in [5.74, 6) is 0.285. The Hall–Kier alpha value is -2.90. The molecule has 0 N–H and O–H groups in total. The number of fused-ring (bicyclic) bond motifs is 3. The van der Waals surface area contributed by atoms with E-state index in [2.05, 4.69) is 6.92 Å². The van der Waals surface area contributed by atoms with E-state index >= 15 is 0 Å². The fourth-order valence-electron chi connectivity index (χ4n) is 4.31. The van der Waals surface area contributed by atoms with Gasteiger partial charge in [0.25, 0.3) is 5.56 Å². The van der Waals surface area contributed by atoms with Gasteiger partial charge in [0.05, 0.1) is 11.1 Å². The minimum absolute atomic E-state index is 0.0596. The van der Waals surface area contributed by atoms with Crippen molar-refractivity contribution in [2.24, 2.45) is 5.92 Å². The third kappa shape index (κ3) is 4.55. The van der Waals surface area contributed by atoms with Gasteiger partial charge in [0.15, 0.2) is 5.16 Å². The summed E-state index contributed by atoms with van der Waals surface area (Å²) in [6.07, 6.45) is 2.99. The molecule has 5 rings (SSSR count). The summed E-state index contributed by atoms with van der Waals surface area (Å²) in [7, 11) is 0. The third-order valence-electron chi connectivity index (χ3n) is 6.15. The second-order valence-corrected chi connectivity index (χ2v) is 11.1. The molecule has 7 heteroatoms. The normalized spacial score (nSPS) is 16.2. The lowest BCUT2D eigenvalue weighted by Gasteiger charge is -2.18. The zero-order valence-electron chi connectivity index (χ0n) is 19.2. The van der Waals surface area contributed by atoms with Gasteiger partial charge in [-0.3, -0.25) is 14.2 Å². The van der Waals surface area contributed by atoms with E-state index in [4.69, 9.17) is 9.72 Å². The molecule has 0 fully saturated rings. The van der Waals surface area contributed by atoms with Crippen molar-refractivity contribution >= 4 is 39.3 Å². The Morgan fingerprint density at radius 2 is 1.88 bits per heavy atom. The number of aryl methyl sites for hydroxylation is 1. The Balaban J connectivity index is 1.50. The van der Waals surface area contributed by atoms with Crippen molar-refractivity contribution in [2.75, 3.05) is 0 Å². The third-order valence-corrected chi connectivity index (χ3v) is 8.33. The number of thioether (sulfide) groups is 1. The lowest BCUT2D eigenvalue weighted by molar-refractivity contribution is -0.143. The topological polar surface area (TPSA) is 61.2 Å². The highest BCUT2D eigenvalue weighted by molar-refractivity contribution is 8.00. The van der Waals surface area contributed by atoms with Crippen LogP contribution < -0.4 is 5.56 Å². The van der Waals surface area contributed by atoms with Crippen molar-refractivity contribution in [3.63, 3.8) is 0 Å². The number of aromatic nitrogens is 2. The molecular weight excluding hydrogens is 464 g/mol. The number of benzene rings is 2. The van der Waals surface area contributed by atoms with Gasteiger partial charge in [0.1, 0.15) is 16.7 Å². The molecule has 5 nitrogen and oxygen atoms in total. The van der Waals surface area contributed by atoms with Crippen LogP contribution in [0.25, 0.3) is 15.9 Å². The number of hydrogen-bond acceptors (Lipinski definition) is 6. The number of ether oxygens (including phenoxy) is 1. The first kappa shape index (κ1) is 22.9. The molecule has 174 valence electrons. The van der Waals surface area contributed by atoms with Crippen LogP contribution in [0.3, 0.4) is 0 Å². The van der Waals surface area contributed by atoms with E-state index in [9.17, 15) is 9.59 Å². The van der Waals surface area contributed by atoms with Crippen LogP contribution in [0.1, 0.15) is 36.3 Å². The second kappa shape index (κ2) is 9.76. The van der Waals surface area contributed by atoms with Crippen LogP contribution in [0.15, 0.2) is 70.6 Å².